The van der Waals surface area contributed by atoms with Gasteiger partial charge in [-0.2, -0.15) is 0 Å². The summed E-state index contributed by atoms with van der Waals surface area (Å²) in [6.07, 6.45) is 8.53. The molecule has 164 valence electrons. The quantitative estimate of drug-likeness (QED) is 0.747. The van der Waals surface area contributed by atoms with Gasteiger partial charge in [-0.05, 0) is 49.8 Å². The van der Waals surface area contributed by atoms with Crippen LogP contribution in [0.3, 0.4) is 0 Å². The summed E-state index contributed by atoms with van der Waals surface area (Å²) in [7, 11) is 1.71. The molecule has 1 aromatic rings. The summed E-state index contributed by atoms with van der Waals surface area (Å²) in [4.78, 5) is 28.3. The Hall–Kier alpha value is -2.08. The molecule has 4 rings (SSSR count). The van der Waals surface area contributed by atoms with E-state index in [1.165, 1.54) is 31.2 Å². The molecule has 2 amide bonds. The van der Waals surface area contributed by atoms with Crippen molar-refractivity contribution in [3.05, 3.63) is 29.8 Å². The van der Waals surface area contributed by atoms with Crippen LogP contribution >= 0.6 is 0 Å². The zero-order valence-corrected chi connectivity index (χ0v) is 18.2. The fraction of sp³-hybridized carbons (Fsp3) is 0.667. The van der Waals surface area contributed by atoms with Crippen LogP contribution < -0.4 is 10.1 Å². The molecule has 3 fully saturated rings. The predicted octanol–water partition coefficient (Wildman–Crippen LogP) is 2.71. The summed E-state index contributed by atoms with van der Waals surface area (Å²) in [6, 6.07) is 8.89. The Labute approximate surface area is 179 Å². The second kappa shape index (κ2) is 9.38. The SMILES string of the molecule is COc1ccc(C2(CN3CCC(NC(=O)CN4CCCC4=O)CC3)CCCC2)cc1. The summed E-state index contributed by atoms with van der Waals surface area (Å²) in [5.41, 5.74) is 1.69. The molecule has 2 aliphatic heterocycles. The van der Waals surface area contributed by atoms with E-state index in [1.54, 1.807) is 12.0 Å². The maximum atomic E-state index is 12.3. The van der Waals surface area contributed by atoms with Gasteiger partial charge >= 0.3 is 0 Å². The fourth-order valence-corrected chi connectivity index (χ4v) is 5.52. The number of hydrogen-bond donors (Lipinski definition) is 1. The third kappa shape index (κ3) is 4.80. The Balaban J connectivity index is 1.28. The first kappa shape index (κ1) is 21.2. The number of benzene rings is 1. The number of amides is 2. The summed E-state index contributed by atoms with van der Waals surface area (Å²) in [5, 5.41) is 3.16. The van der Waals surface area contributed by atoms with Crippen molar-refractivity contribution >= 4 is 11.8 Å². The lowest BCUT2D eigenvalue weighted by Crippen LogP contribution is -2.50. The average Bonchev–Trinajstić information content (AvgIpc) is 3.39. The minimum atomic E-state index is -0.00537. The third-order valence-electron chi connectivity index (χ3n) is 7.25. The molecule has 1 aliphatic carbocycles. The number of methoxy groups -OCH3 is 1. The molecule has 0 aromatic heterocycles. The second-order valence-electron chi connectivity index (χ2n) is 9.25. The first-order valence-electron chi connectivity index (χ1n) is 11.5. The van der Waals surface area contributed by atoms with Crippen LogP contribution in [0, 0.1) is 0 Å². The summed E-state index contributed by atoms with van der Waals surface area (Å²) >= 11 is 0. The highest BCUT2D eigenvalue weighted by Gasteiger charge is 2.38. The molecule has 2 saturated heterocycles. The third-order valence-corrected chi connectivity index (χ3v) is 7.25. The van der Waals surface area contributed by atoms with E-state index in [1.807, 2.05) is 0 Å². The molecular formula is C24H35N3O3. The zero-order valence-electron chi connectivity index (χ0n) is 18.2. The van der Waals surface area contributed by atoms with E-state index >= 15 is 0 Å². The number of rotatable bonds is 7. The van der Waals surface area contributed by atoms with E-state index in [2.05, 4.69) is 34.5 Å². The maximum Gasteiger partial charge on any atom is 0.239 e. The van der Waals surface area contributed by atoms with Gasteiger partial charge in [0.1, 0.15) is 5.75 Å². The number of likely N-dealkylation sites (tertiary alicyclic amines) is 2. The van der Waals surface area contributed by atoms with Crippen molar-refractivity contribution < 1.29 is 14.3 Å². The van der Waals surface area contributed by atoms with Crippen molar-refractivity contribution in [2.45, 2.75) is 62.8 Å². The molecule has 1 N–H and O–H groups in total. The first-order chi connectivity index (χ1) is 14.6. The number of carbonyl (C=O) groups is 2. The number of piperidine rings is 1. The highest BCUT2D eigenvalue weighted by Crippen LogP contribution is 2.42. The van der Waals surface area contributed by atoms with Crippen molar-refractivity contribution in [2.75, 3.05) is 39.8 Å². The van der Waals surface area contributed by atoms with E-state index in [4.69, 9.17) is 4.74 Å². The van der Waals surface area contributed by atoms with Gasteiger partial charge in [-0.15, -0.1) is 0 Å². The number of nitrogens with one attached hydrogen (secondary N) is 1. The van der Waals surface area contributed by atoms with Crippen LogP contribution in [0.1, 0.15) is 56.9 Å². The number of carbonyl (C=O) groups excluding carboxylic acids is 2. The van der Waals surface area contributed by atoms with Gasteiger partial charge in [0, 0.05) is 44.1 Å². The molecule has 0 unspecified atom stereocenters. The number of hydrogen-bond acceptors (Lipinski definition) is 4. The standard InChI is InChI=1S/C24H35N3O3/c1-30-21-8-6-19(7-9-21)24(12-2-3-13-24)18-26-15-10-20(11-16-26)25-22(28)17-27-14-4-5-23(27)29/h6-9,20H,2-5,10-18H2,1H3,(H,25,28). The van der Waals surface area contributed by atoms with Gasteiger partial charge in [0.05, 0.1) is 13.7 Å². The van der Waals surface area contributed by atoms with Gasteiger partial charge in [-0.3, -0.25) is 9.59 Å². The fourth-order valence-electron chi connectivity index (χ4n) is 5.52. The van der Waals surface area contributed by atoms with Gasteiger partial charge < -0.3 is 19.9 Å². The van der Waals surface area contributed by atoms with Crippen molar-refractivity contribution in [1.82, 2.24) is 15.1 Å². The molecule has 0 bridgehead atoms. The van der Waals surface area contributed by atoms with Crippen LogP contribution in [0.4, 0.5) is 0 Å². The topological polar surface area (TPSA) is 61.9 Å². The number of nitrogens with zero attached hydrogens (tertiary/aromatic N) is 2. The van der Waals surface area contributed by atoms with Crippen LogP contribution in [-0.2, 0) is 15.0 Å². The van der Waals surface area contributed by atoms with Crippen molar-refractivity contribution in [3.63, 3.8) is 0 Å². The lowest BCUT2D eigenvalue weighted by Gasteiger charge is -2.39. The van der Waals surface area contributed by atoms with E-state index in [0.29, 0.717) is 6.42 Å². The summed E-state index contributed by atoms with van der Waals surface area (Å²) < 4.78 is 5.34. The predicted molar refractivity (Wildman–Crippen MR) is 117 cm³/mol. The normalized spacial score (nSPS) is 22.4. The number of ether oxygens (including phenoxy) is 1. The van der Waals surface area contributed by atoms with Gasteiger partial charge in [0.15, 0.2) is 0 Å². The van der Waals surface area contributed by atoms with Crippen LogP contribution in [0.15, 0.2) is 24.3 Å². The second-order valence-corrected chi connectivity index (χ2v) is 9.25. The van der Waals surface area contributed by atoms with Crippen molar-refractivity contribution in [3.8, 4) is 5.75 Å². The lowest BCUT2D eigenvalue weighted by atomic mass is 9.78. The molecular weight excluding hydrogens is 378 g/mol. The molecule has 0 radical (unpaired) electrons. The van der Waals surface area contributed by atoms with E-state index in [0.717, 1.165) is 51.2 Å². The maximum absolute atomic E-state index is 12.3. The van der Waals surface area contributed by atoms with E-state index < -0.39 is 0 Å². The van der Waals surface area contributed by atoms with Gasteiger partial charge in [0.25, 0.3) is 0 Å². The Morgan fingerprint density at radius 3 is 2.40 bits per heavy atom. The van der Waals surface area contributed by atoms with Crippen molar-refractivity contribution in [2.24, 2.45) is 0 Å². The van der Waals surface area contributed by atoms with E-state index in [9.17, 15) is 9.59 Å². The van der Waals surface area contributed by atoms with Gasteiger partial charge in [-0.1, -0.05) is 25.0 Å². The van der Waals surface area contributed by atoms with Crippen LogP contribution in [-0.4, -0.2) is 67.5 Å². The Morgan fingerprint density at radius 1 is 1.10 bits per heavy atom. The highest BCUT2D eigenvalue weighted by atomic mass is 16.5. The monoisotopic (exact) mass is 413 g/mol. The van der Waals surface area contributed by atoms with Crippen LogP contribution in [0.25, 0.3) is 0 Å². The first-order valence-corrected chi connectivity index (χ1v) is 11.5. The molecule has 6 nitrogen and oxygen atoms in total. The largest absolute Gasteiger partial charge is 0.497 e. The van der Waals surface area contributed by atoms with E-state index in [-0.39, 0.29) is 29.8 Å². The Morgan fingerprint density at radius 2 is 1.80 bits per heavy atom. The molecule has 6 heteroatoms. The lowest BCUT2D eigenvalue weighted by molar-refractivity contribution is -0.133. The minimum Gasteiger partial charge on any atom is -0.497 e. The van der Waals surface area contributed by atoms with Gasteiger partial charge in [-0.25, -0.2) is 0 Å². The summed E-state index contributed by atoms with van der Waals surface area (Å²) in [6.45, 7) is 4.08. The summed E-state index contributed by atoms with van der Waals surface area (Å²) in [5.74, 6) is 1.02. The molecule has 3 aliphatic rings. The average molecular weight is 414 g/mol. The Kier molecular flexibility index (Phi) is 6.61. The highest BCUT2D eigenvalue weighted by molar-refractivity contribution is 5.85. The minimum absolute atomic E-state index is 0.00537. The molecule has 30 heavy (non-hydrogen) atoms. The van der Waals surface area contributed by atoms with Gasteiger partial charge in [0.2, 0.25) is 11.8 Å². The van der Waals surface area contributed by atoms with Crippen LogP contribution in [0.5, 0.6) is 5.75 Å². The van der Waals surface area contributed by atoms with Crippen LogP contribution in [0.2, 0.25) is 0 Å². The molecule has 1 aromatic carbocycles. The van der Waals surface area contributed by atoms with Crippen molar-refractivity contribution in [1.29, 1.82) is 0 Å². The zero-order chi connectivity index (χ0) is 21.0. The Bertz CT molecular complexity index is 735. The molecule has 1 saturated carbocycles. The molecule has 2 heterocycles. The molecule has 0 atom stereocenters. The molecule has 0 spiro atoms. The smallest absolute Gasteiger partial charge is 0.239 e.